The van der Waals surface area contributed by atoms with Crippen LogP contribution in [0, 0.1) is 5.92 Å². The Kier molecular flexibility index (Phi) is 11.8. The summed E-state index contributed by atoms with van der Waals surface area (Å²) in [4.78, 5) is 32.1. The highest BCUT2D eigenvalue weighted by Crippen LogP contribution is 2.26. The summed E-state index contributed by atoms with van der Waals surface area (Å²) >= 11 is 0. The van der Waals surface area contributed by atoms with Crippen LogP contribution in [0.1, 0.15) is 44.4 Å². The Morgan fingerprint density at radius 2 is 1.19 bits per heavy atom. The van der Waals surface area contributed by atoms with Crippen LogP contribution in [0.25, 0.3) is 0 Å². The van der Waals surface area contributed by atoms with E-state index in [0.29, 0.717) is 22.6 Å². The fourth-order valence-corrected chi connectivity index (χ4v) is 3.29. The van der Waals surface area contributed by atoms with E-state index in [1.807, 2.05) is 18.2 Å². The van der Waals surface area contributed by atoms with Gasteiger partial charge in [0.05, 0.1) is 22.8 Å². The summed E-state index contributed by atoms with van der Waals surface area (Å²) in [7, 11) is 1.62. The average molecular weight is 495 g/mol. The molecule has 3 aromatic carbocycles. The molecule has 2 N–H and O–H groups in total. The van der Waals surface area contributed by atoms with E-state index >= 15 is 0 Å². The zero-order chi connectivity index (χ0) is 26.3. The zero-order valence-corrected chi connectivity index (χ0v) is 20.2. The topological polar surface area (TPSA) is 119 Å². The van der Waals surface area contributed by atoms with Gasteiger partial charge in [0, 0.05) is 13.0 Å². The molecule has 3 aromatic rings. The van der Waals surface area contributed by atoms with Crippen LogP contribution in [0.5, 0.6) is 0 Å². The molecule has 8 nitrogen and oxygen atoms in total. The predicted octanol–water partition coefficient (Wildman–Crippen LogP) is 5.01. The lowest BCUT2D eigenvalue weighted by Crippen LogP contribution is -2.20. The Labute approximate surface area is 210 Å². The van der Waals surface area contributed by atoms with E-state index in [9.17, 15) is 14.4 Å². The van der Waals surface area contributed by atoms with Crippen LogP contribution in [-0.4, -0.2) is 54.2 Å². The lowest BCUT2D eigenvalue weighted by atomic mass is 10.1. The molecule has 1 aliphatic heterocycles. The number of hydrogen-bond donors (Lipinski definition) is 2. The molecule has 0 aromatic heterocycles. The second kappa shape index (κ2) is 15.1. The molecule has 190 valence electrons. The van der Waals surface area contributed by atoms with Crippen LogP contribution in [0.2, 0.25) is 0 Å². The minimum absolute atomic E-state index is 0.0717. The van der Waals surface area contributed by atoms with E-state index < -0.39 is 11.9 Å². The normalized spacial score (nSPS) is 18.0. The molecule has 0 bridgehead atoms. The lowest BCUT2D eigenvalue weighted by Gasteiger charge is -2.13. The van der Waals surface area contributed by atoms with Gasteiger partial charge < -0.3 is 24.4 Å². The van der Waals surface area contributed by atoms with Gasteiger partial charge in [-0.15, -0.1) is 0 Å². The molecule has 0 saturated carbocycles. The summed E-state index contributed by atoms with van der Waals surface area (Å²) in [6.45, 7) is 2.34. The van der Waals surface area contributed by atoms with Crippen molar-refractivity contribution in [1.29, 1.82) is 0 Å². The molecule has 0 radical (unpaired) electrons. The first-order chi connectivity index (χ1) is 17.3. The number of esters is 1. The Hall–Kier alpha value is -4.01. The number of benzene rings is 3. The van der Waals surface area contributed by atoms with Crippen molar-refractivity contribution in [2.24, 2.45) is 5.92 Å². The maximum absolute atomic E-state index is 11.7. The summed E-state index contributed by atoms with van der Waals surface area (Å²) in [5, 5.41) is 16.8. The van der Waals surface area contributed by atoms with Crippen molar-refractivity contribution >= 4 is 17.9 Å². The number of rotatable bonds is 6. The minimum Gasteiger partial charge on any atom is -0.478 e. The van der Waals surface area contributed by atoms with Crippen molar-refractivity contribution in [1.82, 2.24) is 0 Å². The molecule has 36 heavy (non-hydrogen) atoms. The quantitative estimate of drug-likeness (QED) is 0.459. The van der Waals surface area contributed by atoms with Gasteiger partial charge >= 0.3 is 17.9 Å². The van der Waals surface area contributed by atoms with Gasteiger partial charge in [0.25, 0.3) is 0 Å². The highest BCUT2D eigenvalue weighted by atomic mass is 16.7. The number of aromatic carboxylic acids is 2. The average Bonchev–Trinajstić information content (AvgIpc) is 3.29. The molecule has 4 rings (SSSR count). The number of carboxylic acids is 2. The summed E-state index contributed by atoms with van der Waals surface area (Å²) < 4.78 is 16.0. The van der Waals surface area contributed by atoms with Crippen molar-refractivity contribution in [2.75, 3.05) is 13.7 Å². The number of carbonyl (C=O) groups is 3. The predicted molar refractivity (Wildman–Crippen MR) is 133 cm³/mol. The maximum Gasteiger partial charge on any atom is 0.338 e. The molecule has 1 saturated heterocycles. The fraction of sp³-hybridized carbons (Fsp3) is 0.250. The molecular weight excluding hydrogens is 464 g/mol. The molecule has 0 amide bonds. The Bertz CT molecular complexity index is 1020. The Morgan fingerprint density at radius 1 is 0.778 bits per heavy atom. The second-order valence-electron chi connectivity index (χ2n) is 7.88. The van der Waals surface area contributed by atoms with E-state index in [2.05, 4.69) is 6.92 Å². The number of carbonyl (C=O) groups excluding carboxylic acids is 1. The molecule has 0 aliphatic carbocycles. The number of carboxylic acid groups (broad SMARTS) is 2. The zero-order valence-electron chi connectivity index (χ0n) is 20.2. The van der Waals surface area contributed by atoms with Gasteiger partial charge in [-0.2, -0.15) is 0 Å². The Morgan fingerprint density at radius 3 is 1.53 bits per heavy atom. The summed E-state index contributed by atoms with van der Waals surface area (Å²) in [6.07, 6.45) is 0.587. The molecule has 1 fully saturated rings. The molecule has 3 atom stereocenters. The molecule has 1 heterocycles. The van der Waals surface area contributed by atoms with Crippen LogP contribution < -0.4 is 0 Å². The van der Waals surface area contributed by atoms with Crippen LogP contribution in [-0.2, 0) is 14.2 Å². The summed E-state index contributed by atoms with van der Waals surface area (Å²) in [6, 6.07) is 25.5. The van der Waals surface area contributed by atoms with Gasteiger partial charge in [-0.05, 0) is 42.8 Å². The third kappa shape index (κ3) is 9.69. The van der Waals surface area contributed by atoms with Gasteiger partial charge in [-0.25, -0.2) is 14.4 Å². The third-order valence-electron chi connectivity index (χ3n) is 5.11. The van der Waals surface area contributed by atoms with Crippen LogP contribution in [0.4, 0.5) is 0 Å². The van der Waals surface area contributed by atoms with Crippen molar-refractivity contribution in [3.8, 4) is 0 Å². The van der Waals surface area contributed by atoms with Gasteiger partial charge in [0.2, 0.25) is 0 Å². The van der Waals surface area contributed by atoms with E-state index in [1.54, 1.807) is 79.9 Å². The molecule has 3 unspecified atom stereocenters. The smallest absolute Gasteiger partial charge is 0.338 e. The minimum atomic E-state index is -0.879. The van der Waals surface area contributed by atoms with Crippen LogP contribution in [0.3, 0.4) is 0 Å². The highest BCUT2D eigenvalue weighted by Gasteiger charge is 2.32. The first-order valence-corrected chi connectivity index (χ1v) is 11.3. The molecule has 8 heteroatoms. The molecule has 0 spiro atoms. The van der Waals surface area contributed by atoms with Crippen molar-refractivity contribution in [3.05, 3.63) is 108 Å². The van der Waals surface area contributed by atoms with E-state index in [4.69, 9.17) is 24.4 Å². The third-order valence-corrected chi connectivity index (χ3v) is 5.11. The monoisotopic (exact) mass is 494 g/mol. The Balaban J connectivity index is 0.000000212. The lowest BCUT2D eigenvalue weighted by molar-refractivity contribution is -0.136. The number of ether oxygens (including phenoxy) is 3. The maximum atomic E-state index is 11.7. The first-order valence-electron chi connectivity index (χ1n) is 11.3. The van der Waals surface area contributed by atoms with Crippen molar-refractivity contribution in [3.63, 3.8) is 0 Å². The number of hydrogen-bond acceptors (Lipinski definition) is 6. The SMILES string of the molecule is COC1OC(COC(=O)c2ccccc2)CC1C.O=C(O)c1ccccc1.O=C(O)c1ccccc1. The van der Waals surface area contributed by atoms with Gasteiger partial charge in [0.1, 0.15) is 6.61 Å². The molecule has 1 aliphatic rings. The van der Waals surface area contributed by atoms with E-state index in [-0.39, 0.29) is 25.0 Å². The number of methoxy groups -OCH3 is 1. The standard InChI is InChI=1S/C14H18O4.2C7H6O2/c1-10-8-12(18-14(10)16-2)9-17-13(15)11-6-4-3-5-7-11;2*8-7(9)6-4-2-1-3-5-6/h3-7,10,12,14H,8-9H2,1-2H3;2*1-5H,(H,8,9). The summed E-state index contributed by atoms with van der Waals surface area (Å²) in [5.41, 5.74) is 1.22. The van der Waals surface area contributed by atoms with E-state index in [0.717, 1.165) is 6.42 Å². The highest BCUT2D eigenvalue weighted by molar-refractivity contribution is 5.89. The van der Waals surface area contributed by atoms with Crippen LogP contribution >= 0.6 is 0 Å². The molecular formula is C28H30O8. The second-order valence-corrected chi connectivity index (χ2v) is 7.88. The first kappa shape index (κ1) is 28.2. The van der Waals surface area contributed by atoms with Crippen LogP contribution in [0.15, 0.2) is 91.0 Å². The largest absolute Gasteiger partial charge is 0.478 e. The van der Waals surface area contributed by atoms with E-state index in [1.165, 1.54) is 0 Å². The van der Waals surface area contributed by atoms with Gasteiger partial charge in [-0.3, -0.25) is 0 Å². The van der Waals surface area contributed by atoms with Crippen molar-refractivity contribution in [2.45, 2.75) is 25.7 Å². The van der Waals surface area contributed by atoms with Crippen molar-refractivity contribution < 1.29 is 38.8 Å². The fourth-order valence-electron chi connectivity index (χ4n) is 3.29. The summed E-state index contributed by atoms with van der Waals surface area (Å²) in [5.74, 6) is -1.74. The van der Waals surface area contributed by atoms with Gasteiger partial charge in [-0.1, -0.05) is 61.5 Å². The van der Waals surface area contributed by atoms with Gasteiger partial charge in [0.15, 0.2) is 6.29 Å².